The Kier molecular flexibility index (Phi) is 469. The zero-order valence-corrected chi connectivity index (χ0v) is 14.4. The van der Waals surface area contributed by atoms with Crippen LogP contribution in [-0.4, -0.2) is 0 Å². The monoisotopic (exact) mass is 238 g/mol. The van der Waals surface area contributed by atoms with Crippen LogP contribution in [0.25, 0.3) is 0 Å². The Morgan fingerprint density at radius 1 is 0.643 bits per heavy atom. The van der Waals surface area contributed by atoms with E-state index < -0.39 is 8.25 Å². The summed E-state index contributed by atoms with van der Waals surface area (Å²) in [6.07, 6.45) is 0. The Labute approximate surface area is 133 Å². The molecule has 0 aliphatic heterocycles. The molecule has 0 rings (SSSR count). The summed E-state index contributed by atoms with van der Waals surface area (Å²) < 4.78 is 8.52. The van der Waals surface area contributed by atoms with Crippen molar-refractivity contribution in [3.63, 3.8) is 0 Å². The first-order chi connectivity index (χ1) is 5.73. The van der Waals surface area contributed by atoms with Crippen LogP contribution in [0.1, 0.15) is 0 Å². The standard InChI is InChI=1S/4C2H4.2Na.H3O3P/c4*1-2;;;1-4(2)3/h4*1-2H2;;;4H,(H2,1,2,3)/q;;;;2*+1;/p-2. The van der Waals surface area contributed by atoms with Gasteiger partial charge in [0.2, 0.25) is 0 Å². The van der Waals surface area contributed by atoms with E-state index in [1.54, 1.807) is 0 Å². The van der Waals surface area contributed by atoms with Gasteiger partial charge in [-0.25, -0.2) is 0 Å². The van der Waals surface area contributed by atoms with Crippen LogP contribution < -0.4 is 68.9 Å². The molecule has 0 amide bonds. The summed E-state index contributed by atoms with van der Waals surface area (Å²) in [7, 11) is -3.63. The molecule has 0 saturated heterocycles. The zero-order chi connectivity index (χ0) is 11.6. The second-order valence-corrected chi connectivity index (χ2v) is 0.750. The molecule has 0 fully saturated rings. The Balaban J connectivity index is -0.00000000887. The molecule has 0 aromatic heterocycles. The van der Waals surface area contributed by atoms with Gasteiger partial charge in [-0.15, -0.1) is 52.6 Å². The van der Waals surface area contributed by atoms with Crippen molar-refractivity contribution in [3.8, 4) is 0 Å². The molecular weight excluding hydrogens is 221 g/mol. The van der Waals surface area contributed by atoms with Gasteiger partial charge < -0.3 is 14.4 Å². The first-order valence-electron chi connectivity index (χ1n) is 2.61. The van der Waals surface area contributed by atoms with Gasteiger partial charge in [-0.1, -0.05) is 8.25 Å². The smallest absolute Gasteiger partial charge is 0.813 e. The van der Waals surface area contributed by atoms with E-state index in [0.717, 1.165) is 0 Å². The number of rotatable bonds is 0. The van der Waals surface area contributed by atoms with Crippen LogP contribution in [0.2, 0.25) is 0 Å². The molecule has 0 unspecified atom stereocenters. The third-order valence-electron chi connectivity index (χ3n) is 0. The molecule has 0 saturated carbocycles. The molecule has 0 N–H and O–H groups in total. The second kappa shape index (κ2) is 144. The number of hydrogen-bond acceptors (Lipinski definition) is 3. The molecular formula is C8H17Na2O3P. The quantitative estimate of drug-likeness (QED) is 0.242. The van der Waals surface area contributed by atoms with Crippen molar-refractivity contribution in [2.45, 2.75) is 0 Å². The van der Waals surface area contributed by atoms with Gasteiger partial charge >= 0.3 is 59.1 Å². The van der Waals surface area contributed by atoms with Crippen LogP contribution >= 0.6 is 8.25 Å². The Bertz CT molecular complexity index is 73.0. The maximum absolute atomic E-state index is 8.52. The maximum atomic E-state index is 8.52. The van der Waals surface area contributed by atoms with Gasteiger partial charge in [0.05, 0.1) is 0 Å². The van der Waals surface area contributed by atoms with Crippen LogP contribution in [0.15, 0.2) is 52.6 Å². The molecule has 0 radical (unpaired) electrons. The van der Waals surface area contributed by atoms with Gasteiger partial charge in [0.15, 0.2) is 0 Å². The first kappa shape index (κ1) is 45.7. The van der Waals surface area contributed by atoms with Crippen molar-refractivity contribution in [1.82, 2.24) is 0 Å². The minimum absolute atomic E-state index is 0. The first-order valence-corrected chi connectivity index (χ1v) is 3.84. The third-order valence-corrected chi connectivity index (χ3v) is 0. The van der Waals surface area contributed by atoms with Gasteiger partial charge in [0, 0.05) is 0 Å². The van der Waals surface area contributed by atoms with E-state index in [1.807, 2.05) is 0 Å². The van der Waals surface area contributed by atoms with E-state index in [9.17, 15) is 0 Å². The van der Waals surface area contributed by atoms with Crippen molar-refractivity contribution >= 4 is 8.25 Å². The Morgan fingerprint density at radius 3 is 0.643 bits per heavy atom. The summed E-state index contributed by atoms with van der Waals surface area (Å²) in [6, 6.07) is 0. The van der Waals surface area contributed by atoms with Gasteiger partial charge in [0.25, 0.3) is 0 Å². The van der Waals surface area contributed by atoms with E-state index in [0.29, 0.717) is 0 Å². The van der Waals surface area contributed by atoms with Gasteiger partial charge in [-0.3, -0.25) is 0 Å². The average Bonchev–Trinajstić information content (AvgIpc) is 2.16. The molecule has 0 spiro atoms. The molecule has 0 aromatic rings. The van der Waals surface area contributed by atoms with Crippen LogP contribution in [0.4, 0.5) is 0 Å². The molecule has 14 heavy (non-hydrogen) atoms. The molecule has 0 bridgehead atoms. The molecule has 0 aliphatic rings. The normalized spacial score (nSPS) is 3.64. The zero-order valence-electron chi connectivity index (χ0n) is 9.38. The van der Waals surface area contributed by atoms with E-state index in [-0.39, 0.29) is 59.1 Å². The van der Waals surface area contributed by atoms with Crippen molar-refractivity contribution in [2.24, 2.45) is 0 Å². The Hall–Kier alpha value is 1.11. The summed E-state index contributed by atoms with van der Waals surface area (Å²) in [4.78, 5) is 17.0. The SMILES string of the molecule is C=C.C=C.C=C.C=C.O=[PH]([O-])[O-].[Na+].[Na+]. The van der Waals surface area contributed by atoms with Crippen molar-refractivity contribution < 1.29 is 73.5 Å². The number of hydrogen-bond donors (Lipinski definition) is 0. The predicted molar refractivity (Wildman–Crippen MR) is 54.0 cm³/mol. The van der Waals surface area contributed by atoms with Crippen LogP contribution in [0, 0.1) is 0 Å². The van der Waals surface area contributed by atoms with Gasteiger partial charge in [-0.2, -0.15) is 0 Å². The summed E-state index contributed by atoms with van der Waals surface area (Å²) in [5.74, 6) is 0. The molecule has 0 aliphatic carbocycles. The van der Waals surface area contributed by atoms with Crippen molar-refractivity contribution in [3.05, 3.63) is 52.6 Å². The van der Waals surface area contributed by atoms with Crippen LogP contribution in [-0.2, 0) is 4.57 Å². The fourth-order valence-corrected chi connectivity index (χ4v) is 0. The van der Waals surface area contributed by atoms with E-state index in [1.165, 1.54) is 0 Å². The van der Waals surface area contributed by atoms with Gasteiger partial charge in [0.1, 0.15) is 0 Å². The second-order valence-electron chi connectivity index (χ2n) is 0.250. The summed E-state index contributed by atoms with van der Waals surface area (Å²) >= 11 is 0. The fraction of sp³-hybridized carbons (Fsp3) is 0. The van der Waals surface area contributed by atoms with Crippen molar-refractivity contribution in [1.29, 1.82) is 0 Å². The van der Waals surface area contributed by atoms with Crippen LogP contribution in [0.5, 0.6) is 0 Å². The van der Waals surface area contributed by atoms with E-state index in [2.05, 4.69) is 52.6 Å². The van der Waals surface area contributed by atoms with Crippen LogP contribution in [0.3, 0.4) is 0 Å². The fourth-order valence-electron chi connectivity index (χ4n) is 0. The molecule has 0 atom stereocenters. The molecule has 6 heteroatoms. The van der Waals surface area contributed by atoms with E-state index in [4.69, 9.17) is 14.4 Å². The topological polar surface area (TPSA) is 63.2 Å². The molecule has 0 heterocycles. The minimum atomic E-state index is -3.63. The average molecular weight is 238 g/mol. The molecule has 74 valence electrons. The largest absolute Gasteiger partial charge is 1.00 e. The van der Waals surface area contributed by atoms with Crippen molar-refractivity contribution in [2.75, 3.05) is 0 Å². The van der Waals surface area contributed by atoms with Gasteiger partial charge in [-0.05, 0) is 0 Å². The summed E-state index contributed by atoms with van der Waals surface area (Å²) in [5, 5.41) is 0. The van der Waals surface area contributed by atoms with E-state index >= 15 is 0 Å². The third kappa shape index (κ3) is 1560. The maximum Gasteiger partial charge on any atom is 1.00 e. The minimum Gasteiger partial charge on any atom is -0.813 e. The summed E-state index contributed by atoms with van der Waals surface area (Å²) in [6.45, 7) is 24.0. The summed E-state index contributed by atoms with van der Waals surface area (Å²) in [5.41, 5.74) is 0. The Morgan fingerprint density at radius 2 is 0.643 bits per heavy atom. The predicted octanol–water partition coefficient (Wildman–Crippen LogP) is -4.69. The molecule has 3 nitrogen and oxygen atoms in total. The molecule has 0 aromatic carbocycles.